The molecular formula is C14H21NO2. The Balaban J connectivity index is 2.48. The van der Waals surface area contributed by atoms with Crippen molar-refractivity contribution in [3.8, 4) is 0 Å². The Labute approximate surface area is 103 Å². The molecule has 0 saturated heterocycles. The minimum Gasteiger partial charge on any atom is -0.393 e. The van der Waals surface area contributed by atoms with Crippen LogP contribution in [0.3, 0.4) is 0 Å². The third-order valence-corrected chi connectivity index (χ3v) is 2.99. The topological polar surface area (TPSA) is 49.3 Å². The second-order valence-corrected chi connectivity index (χ2v) is 4.26. The number of anilines is 1. The number of carbonyl (C=O) groups is 1. The highest BCUT2D eigenvalue weighted by molar-refractivity contribution is 5.90. The van der Waals surface area contributed by atoms with E-state index in [1.807, 2.05) is 44.2 Å². The van der Waals surface area contributed by atoms with Gasteiger partial charge in [-0.05, 0) is 24.5 Å². The predicted molar refractivity (Wildman–Crippen MR) is 69.8 cm³/mol. The molecule has 2 unspecified atom stereocenters. The van der Waals surface area contributed by atoms with E-state index in [9.17, 15) is 9.90 Å². The van der Waals surface area contributed by atoms with Crippen molar-refractivity contribution in [1.29, 1.82) is 0 Å². The zero-order valence-corrected chi connectivity index (χ0v) is 10.5. The molecule has 0 radical (unpaired) electrons. The number of aliphatic hydroxyl groups is 1. The molecule has 1 aromatic carbocycles. The van der Waals surface area contributed by atoms with Gasteiger partial charge in [0.25, 0.3) is 0 Å². The van der Waals surface area contributed by atoms with E-state index in [1.165, 1.54) is 0 Å². The maximum Gasteiger partial charge on any atom is 0.224 e. The summed E-state index contributed by atoms with van der Waals surface area (Å²) < 4.78 is 0. The number of para-hydroxylation sites is 1. The van der Waals surface area contributed by atoms with E-state index in [2.05, 4.69) is 5.32 Å². The molecule has 0 fully saturated rings. The SMILES string of the molecule is CCC(O)C(CC)CC(=O)Nc1ccccc1. The average Bonchev–Trinajstić information content (AvgIpc) is 2.36. The molecule has 2 N–H and O–H groups in total. The molecule has 1 amide bonds. The summed E-state index contributed by atoms with van der Waals surface area (Å²) >= 11 is 0. The van der Waals surface area contributed by atoms with Gasteiger partial charge in [0, 0.05) is 12.1 Å². The van der Waals surface area contributed by atoms with Crippen molar-refractivity contribution >= 4 is 11.6 Å². The molecule has 0 aliphatic rings. The van der Waals surface area contributed by atoms with E-state index in [4.69, 9.17) is 0 Å². The van der Waals surface area contributed by atoms with Crippen molar-refractivity contribution in [3.05, 3.63) is 30.3 Å². The van der Waals surface area contributed by atoms with Crippen LogP contribution in [0.2, 0.25) is 0 Å². The second-order valence-electron chi connectivity index (χ2n) is 4.26. The molecule has 0 aliphatic heterocycles. The van der Waals surface area contributed by atoms with Crippen LogP contribution < -0.4 is 5.32 Å². The number of carbonyl (C=O) groups excluding carboxylic acids is 1. The molecule has 3 heteroatoms. The van der Waals surface area contributed by atoms with Crippen LogP contribution in [0.5, 0.6) is 0 Å². The Morgan fingerprint density at radius 2 is 1.88 bits per heavy atom. The van der Waals surface area contributed by atoms with Crippen LogP contribution >= 0.6 is 0 Å². The molecule has 0 heterocycles. The van der Waals surface area contributed by atoms with Gasteiger partial charge in [0.2, 0.25) is 5.91 Å². The molecule has 0 aromatic heterocycles. The Morgan fingerprint density at radius 1 is 1.24 bits per heavy atom. The Morgan fingerprint density at radius 3 is 2.41 bits per heavy atom. The fraction of sp³-hybridized carbons (Fsp3) is 0.500. The van der Waals surface area contributed by atoms with Gasteiger partial charge in [0.1, 0.15) is 0 Å². The van der Waals surface area contributed by atoms with Gasteiger partial charge in [-0.1, -0.05) is 38.5 Å². The minimum atomic E-state index is -0.387. The summed E-state index contributed by atoms with van der Waals surface area (Å²) in [6, 6.07) is 9.39. The number of hydrogen-bond donors (Lipinski definition) is 2. The minimum absolute atomic E-state index is 0.0319. The van der Waals surface area contributed by atoms with Crippen molar-refractivity contribution in [3.63, 3.8) is 0 Å². The number of amides is 1. The standard InChI is InChI=1S/C14H21NO2/c1-3-11(13(16)4-2)10-14(17)15-12-8-6-5-7-9-12/h5-9,11,13,16H,3-4,10H2,1-2H3,(H,15,17). The average molecular weight is 235 g/mol. The van der Waals surface area contributed by atoms with Crippen LogP contribution in [0, 0.1) is 5.92 Å². The number of aliphatic hydroxyl groups excluding tert-OH is 1. The molecule has 0 saturated carbocycles. The van der Waals surface area contributed by atoms with E-state index >= 15 is 0 Å². The van der Waals surface area contributed by atoms with E-state index in [0.29, 0.717) is 12.8 Å². The summed E-state index contributed by atoms with van der Waals surface area (Å²) in [4.78, 5) is 11.8. The van der Waals surface area contributed by atoms with Gasteiger partial charge in [-0.25, -0.2) is 0 Å². The highest BCUT2D eigenvalue weighted by Crippen LogP contribution is 2.17. The van der Waals surface area contributed by atoms with Gasteiger partial charge in [-0.2, -0.15) is 0 Å². The van der Waals surface area contributed by atoms with E-state index < -0.39 is 0 Å². The van der Waals surface area contributed by atoms with Gasteiger partial charge < -0.3 is 10.4 Å². The Kier molecular flexibility index (Phi) is 5.70. The largest absolute Gasteiger partial charge is 0.393 e. The lowest BCUT2D eigenvalue weighted by Crippen LogP contribution is -2.25. The maximum absolute atomic E-state index is 11.8. The van der Waals surface area contributed by atoms with Gasteiger partial charge >= 0.3 is 0 Å². The van der Waals surface area contributed by atoms with Crippen LogP contribution in [-0.4, -0.2) is 17.1 Å². The smallest absolute Gasteiger partial charge is 0.224 e. The Bertz CT molecular complexity index is 337. The molecule has 2 atom stereocenters. The molecule has 94 valence electrons. The normalized spacial score (nSPS) is 14.1. The first-order valence-corrected chi connectivity index (χ1v) is 6.20. The van der Waals surface area contributed by atoms with Crippen LogP contribution in [0.1, 0.15) is 33.1 Å². The van der Waals surface area contributed by atoms with Crippen LogP contribution in [0.25, 0.3) is 0 Å². The quantitative estimate of drug-likeness (QED) is 0.796. The highest BCUT2D eigenvalue weighted by Gasteiger charge is 2.19. The second kappa shape index (κ2) is 7.07. The summed E-state index contributed by atoms with van der Waals surface area (Å²) in [5, 5.41) is 12.6. The zero-order valence-electron chi connectivity index (χ0n) is 10.5. The fourth-order valence-corrected chi connectivity index (χ4v) is 1.86. The fourth-order valence-electron chi connectivity index (χ4n) is 1.86. The summed E-state index contributed by atoms with van der Waals surface area (Å²) in [7, 11) is 0. The van der Waals surface area contributed by atoms with Gasteiger partial charge in [0.15, 0.2) is 0 Å². The molecule has 0 bridgehead atoms. The molecule has 1 aromatic rings. The van der Waals surface area contributed by atoms with Gasteiger partial charge in [-0.15, -0.1) is 0 Å². The molecule has 0 aliphatic carbocycles. The Hall–Kier alpha value is -1.35. The summed E-state index contributed by atoms with van der Waals surface area (Å²) in [5.74, 6) is 0.0132. The lowest BCUT2D eigenvalue weighted by Gasteiger charge is -2.19. The monoisotopic (exact) mass is 235 g/mol. The molecule has 3 nitrogen and oxygen atoms in total. The van der Waals surface area contributed by atoms with Crippen LogP contribution in [0.4, 0.5) is 5.69 Å². The number of benzene rings is 1. The van der Waals surface area contributed by atoms with Crippen molar-refractivity contribution in [2.45, 2.75) is 39.2 Å². The molecule has 0 spiro atoms. The number of nitrogens with one attached hydrogen (secondary N) is 1. The molecular weight excluding hydrogens is 214 g/mol. The lowest BCUT2D eigenvalue weighted by atomic mass is 9.93. The molecule has 1 rings (SSSR count). The number of hydrogen-bond acceptors (Lipinski definition) is 2. The number of rotatable bonds is 6. The third-order valence-electron chi connectivity index (χ3n) is 2.99. The highest BCUT2D eigenvalue weighted by atomic mass is 16.3. The van der Waals surface area contributed by atoms with Crippen molar-refractivity contribution in [1.82, 2.24) is 0 Å². The van der Waals surface area contributed by atoms with Crippen LogP contribution in [0.15, 0.2) is 30.3 Å². The summed E-state index contributed by atoms with van der Waals surface area (Å²) in [6.45, 7) is 3.93. The zero-order chi connectivity index (χ0) is 12.7. The summed E-state index contributed by atoms with van der Waals surface area (Å²) in [6.07, 6.45) is 1.50. The third kappa shape index (κ3) is 4.57. The van der Waals surface area contributed by atoms with Gasteiger partial charge in [0.05, 0.1) is 6.10 Å². The first-order chi connectivity index (χ1) is 8.17. The van der Waals surface area contributed by atoms with Crippen molar-refractivity contribution in [2.75, 3.05) is 5.32 Å². The summed E-state index contributed by atoms with van der Waals surface area (Å²) in [5.41, 5.74) is 0.804. The van der Waals surface area contributed by atoms with E-state index in [0.717, 1.165) is 12.1 Å². The lowest BCUT2D eigenvalue weighted by molar-refractivity contribution is -0.118. The first-order valence-electron chi connectivity index (χ1n) is 6.20. The molecule has 17 heavy (non-hydrogen) atoms. The van der Waals surface area contributed by atoms with E-state index in [-0.39, 0.29) is 17.9 Å². The van der Waals surface area contributed by atoms with E-state index in [1.54, 1.807) is 0 Å². The van der Waals surface area contributed by atoms with Crippen LogP contribution in [-0.2, 0) is 4.79 Å². The van der Waals surface area contributed by atoms with Crippen molar-refractivity contribution in [2.24, 2.45) is 5.92 Å². The van der Waals surface area contributed by atoms with Gasteiger partial charge in [-0.3, -0.25) is 4.79 Å². The predicted octanol–water partition coefficient (Wildman–Crippen LogP) is 2.81. The first kappa shape index (κ1) is 13.7. The maximum atomic E-state index is 11.8. The van der Waals surface area contributed by atoms with Crippen molar-refractivity contribution < 1.29 is 9.90 Å².